The molecule has 1 aromatic heterocycles. The van der Waals surface area contributed by atoms with Crippen LogP contribution in [-0.4, -0.2) is 28.1 Å². The summed E-state index contributed by atoms with van der Waals surface area (Å²) in [6.07, 6.45) is 3.42. The number of likely N-dealkylation sites (tertiary alicyclic amines) is 1. The van der Waals surface area contributed by atoms with Gasteiger partial charge >= 0.3 is 0 Å². The third kappa shape index (κ3) is 3.14. The van der Waals surface area contributed by atoms with E-state index in [0.717, 1.165) is 43.7 Å². The van der Waals surface area contributed by atoms with Gasteiger partial charge in [-0.05, 0) is 37.0 Å². The molecule has 1 aromatic carbocycles. The van der Waals surface area contributed by atoms with Crippen LogP contribution in [0.3, 0.4) is 0 Å². The maximum absolute atomic E-state index is 10.8. The molecule has 0 radical (unpaired) electrons. The fraction of sp³-hybridized carbons (Fsp3) is 0.389. The Hall–Kier alpha value is -1.71. The van der Waals surface area contributed by atoms with Crippen molar-refractivity contribution in [2.75, 3.05) is 13.1 Å². The lowest BCUT2D eigenvalue weighted by Crippen LogP contribution is -2.42. The molecule has 0 unspecified atom stereocenters. The molecule has 3 nitrogen and oxygen atoms in total. The van der Waals surface area contributed by atoms with Gasteiger partial charge in [0.25, 0.3) is 0 Å². The van der Waals surface area contributed by atoms with Crippen molar-refractivity contribution < 1.29 is 5.11 Å². The van der Waals surface area contributed by atoms with Crippen LogP contribution < -0.4 is 0 Å². The van der Waals surface area contributed by atoms with Gasteiger partial charge in [-0.2, -0.15) is 0 Å². The predicted molar refractivity (Wildman–Crippen MR) is 83.8 cm³/mol. The first kappa shape index (κ1) is 14.2. The lowest BCUT2D eigenvalue weighted by Gasteiger charge is -2.38. The standard InChI is InChI=1S/C18H22N2O/c1-15-6-5-11-19-17(15)14-20-12-9-18(21,10-13-20)16-7-3-2-4-8-16/h2-8,11,21H,9-10,12-14H2,1H3. The quantitative estimate of drug-likeness (QED) is 0.940. The number of pyridine rings is 1. The minimum absolute atomic E-state index is 0.670. The molecular formula is C18H22N2O. The van der Waals surface area contributed by atoms with Gasteiger partial charge in [0, 0.05) is 25.8 Å². The van der Waals surface area contributed by atoms with E-state index < -0.39 is 5.60 Å². The van der Waals surface area contributed by atoms with Gasteiger partial charge in [-0.3, -0.25) is 9.88 Å². The molecule has 110 valence electrons. The van der Waals surface area contributed by atoms with Gasteiger partial charge in [0.05, 0.1) is 11.3 Å². The summed E-state index contributed by atoms with van der Waals surface area (Å²) in [7, 11) is 0. The second kappa shape index (κ2) is 5.96. The first-order chi connectivity index (χ1) is 10.2. The number of hydrogen-bond acceptors (Lipinski definition) is 3. The third-order valence-corrected chi connectivity index (χ3v) is 4.49. The van der Waals surface area contributed by atoms with E-state index in [9.17, 15) is 5.11 Å². The maximum atomic E-state index is 10.8. The van der Waals surface area contributed by atoms with Crippen LogP contribution in [0.5, 0.6) is 0 Å². The van der Waals surface area contributed by atoms with Crippen LogP contribution in [-0.2, 0) is 12.1 Å². The number of aromatic nitrogens is 1. The van der Waals surface area contributed by atoms with Gasteiger partial charge in [0.2, 0.25) is 0 Å². The largest absolute Gasteiger partial charge is 0.385 e. The molecule has 0 saturated carbocycles. The van der Waals surface area contributed by atoms with E-state index >= 15 is 0 Å². The number of aryl methyl sites for hydroxylation is 1. The van der Waals surface area contributed by atoms with Crippen LogP contribution in [0.15, 0.2) is 48.7 Å². The highest BCUT2D eigenvalue weighted by Gasteiger charge is 2.33. The van der Waals surface area contributed by atoms with Crippen LogP contribution in [0.25, 0.3) is 0 Å². The summed E-state index contributed by atoms with van der Waals surface area (Å²) in [5.41, 5.74) is 2.75. The Morgan fingerprint density at radius 2 is 1.81 bits per heavy atom. The molecule has 0 bridgehead atoms. The number of benzene rings is 1. The molecule has 1 fully saturated rings. The van der Waals surface area contributed by atoms with Gasteiger partial charge < -0.3 is 5.11 Å². The monoisotopic (exact) mass is 282 g/mol. The topological polar surface area (TPSA) is 36.4 Å². The lowest BCUT2D eigenvalue weighted by molar-refractivity contribution is -0.0280. The highest BCUT2D eigenvalue weighted by atomic mass is 16.3. The van der Waals surface area contributed by atoms with Gasteiger partial charge in [-0.1, -0.05) is 36.4 Å². The number of rotatable bonds is 3. The zero-order valence-electron chi connectivity index (χ0n) is 12.5. The summed E-state index contributed by atoms with van der Waals surface area (Å²) in [5.74, 6) is 0. The molecule has 1 aliphatic rings. The third-order valence-electron chi connectivity index (χ3n) is 4.49. The maximum Gasteiger partial charge on any atom is 0.0920 e. The van der Waals surface area contributed by atoms with E-state index in [4.69, 9.17) is 0 Å². The van der Waals surface area contributed by atoms with Crippen molar-refractivity contribution in [1.29, 1.82) is 0 Å². The minimum atomic E-state index is -0.670. The van der Waals surface area contributed by atoms with Crippen molar-refractivity contribution in [2.24, 2.45) is 0 Å². The summed E-state index contributed by atoms with van der Waals surface area (Å²) in [4.78, 5) is 6.84. The molecule has 1 saturated heterocycles. The van der Waals surface area contributed by atoms with Crippen LogP contribution >= 0.6 is 0 Å². The Bertz CT molecular complexity index is 589. The summed E-state index contributed by atoms with van der Waals surface area (Å²) in [6, 6.07) is 14.1. The fourth-order valence-electron chi connectivity index (χ4n) is 3.01. The van der Waals surface area contributed by atoms with Crippen LogP contribution in [0.2, 0.25) is 0 Å². The Labute approximate surface area is 126 Å². The Kier molecular flexibility index (Phi) is 4.04. The van der Waals surface area contributed by atoms with E-state index in [1.54, 1.807) is 0 Å². The fourth-order valence-corrected chi connectivity index (χ4v) is 3.01. The van der Waals surface area contributed by atoms with Crippen molar-refractivity contribution in [2.45, 2.75) is 31.9 Å². The van der Waals surface area contributed by atoms with E-state index in [1.165, 1.54) is 5.56 Å². The molecule has 2 aromatic rings. The van der Waals surface area contributed by atoms with E-state index in [-0.39, 0.29) is 0 Å². The van der Waals surface area contributed by atoms with Crippen molar-refractivity contribution in [3.05, 3.63) is 65.5 Å². The van der Waals surface area contributed by atoms with E-state index in [0.29, 0.717) is 0 Å². The lowest BCUT2D eigenvalue weighted by atomic mass is 9.84. The highest BCUT2D eigenvalue weighted by Crippen LogP contribution is 2.33. The average Bonchev–Trinajstić information content (AvgIpc) is 2.53. The average molecular weight is 282 g/mol. The van der Waals surface area contributed by atoms with Crippen molar-refractivity contribution in [1.82, 2.24) is 9.88 Å². The first-order valence-corrected chi connectivity index (χ1v) is 7.58. The Morgan fingerprint density at radius 1 is 1.10 bits per heavy atom. The molecule has 0 spiro atoms. The van der Waals surface area contributed by atoms with Crippen molar-refractivity contribution >= 4 is 0 Å². The summed E-state index contributed by atoms with van der Waals surface area (Å²) >= 11 is 0. The van der Waals surface area contributed by atoms with E-state index in [1.807, 2.05) is 42.6 Å². The smallest absolute Gasteiger partial charge is 0.0920 e. The summed E-state index contributed by atoms with van der Waals surface area (Å²) in [5, 5.41) is 10.8. The molecule has 1 N–H and O–H groups in total. The molecule has 3 heteroatoms. The molecule has 2 heterocycles. The molecule has 21 heavy (non-hydrogen) atoms. The predicted octanol–water partition coefficient (Wildman–Crippen LogP) is 2.87. The SMILES string of the molecule is Cc1cccnc1CN1CCC(O)(c2ccccc2)CC1. The molecule has 0 atom stereocenters. The van der Waals surface area contributed by atoms with Gasteiger partial charge in [0.1, 0.15) is 0 Å². The van der Waals surface area contributed by atoms with Crippen molar-refractivity contribution in [3.63, 3.8) is 0 Å². The normalized spacial score (nSPS) is 18.6. The molecule has 3 rings (SSSR count). The van der Waals surface area contributed by atoms with Crippen LogP contribution in [0.4, 0.5) is 0 Å². The first-order valence-electron chi connectivity index (χ1n) is 7.58. The number of nitrogens with zero attached hydrogens (tertiary/aromatic N) is 2. The Balaban J connectivity index is 1.64. The van der Waals surface area contributed by atoms with Crippen LogP contribution in [0.1, 0.15) is 29.7 Å². The summed E-state index contributed by atoms with van der Waals surface area (Å²) in [6.45, 7) is 4.78. The second-order valence-electron chi connectivity index (χ2n) is 5.94. The van der Waals surface area contributed by atoms with Gasteiger partial charge in [0.15, 0.2) is 0 Å². The minimum Gasteiger partial charge on any atom is -0.385 e. The zero-order valence-corrected chi connectivity index (χ0v) is 12.5. The molecule has 0 amide bonds. The van der Waals surface area contributed by atoms with Gasteiger partial charge in [-0.15, -0.1) is 0 Å². The molecular weight excluding hydrogens is 260 g/mol. The number of aliphatic hydroxyl groups is 1. The highest BCUT2D eigenvalue weighted by molar-refractivity contribution is 5.23. The molecule has 0 aliphatic carbocycles. The van der Waals surface area contributed by atoms with Crippen LogP contribution in [0, 0.1) is 6.92 Å². The van der Waals surface area contributed by atoms with E-state index in [2.05, 4.69) is 22.9 Å². The molecule has 1 aliphatic heterocycles. The number of piperidine rings is 1. The Morgan fingerprint density at radius 3 is 2.48 bits per heavy atom. The zero-order chi connectivity index (χ0) is 14.7. The second-order valence-corrected chi connectivity index (χ2v) is 5.94. The van der Waals surface area contributed by atoms with Gasteiger partial charge in [-0.25, -0.2) is 0 Å². The van der Waals surface area contributed by atoms with Crippen molar-refractivity contribution in [3.8, 4) is 0 Å². The number of hydrogen-bond donors (Lipinski definition) is 1. The summed E-state index contributed by atoms with van der Waals surface area (Å²) < 4.78 is 0.